The highest BCUT2D eigenvalue weighted by molar-refractivity contribution is 9.10. The molecule has 0 unspecified atom stereocenters. The Balaban J connectivity index is 1.90. The summed E-state index contributed by atoms with van der Waals surface area (Å²) in [5.74, 6) is 0. The minimum absolute atomic E-state index is 1.06. The summed E-state index contributed by atoms with van der Waals surface area (Å²) in [5.41, 5.74) is 4.10. The molecular formula is C18H20BrN. The maximum Gasteiger partial charge on any atom is 0.0240 e. The van der Waals surface area contributed by atoms with Crippen molar-refractivity contribution in [2.75, 3.05) is 13.1 Å². The van der Waals surface area contributed by atoms with E-state index in [9.17, 15) is 0 Å². The number of hydrogen-bond donors (Lipinski definition) is 0. The zero-order chi connectivity index (χ0) is 13.8. The Morgan fingerprint density at radius 3 is 2.40 bits per heavy atom. The van der Waals surface area contributed by atoms with Crippen molar-refractivity contribution in [2.24, 2.45) is 0 Å². The molecule has 1 aliphatic heterocycles. The highest BCUT2D eigenvalue weighted by atomic mass is 79.9. The Morgan fingerprint density at radius 2 is 1.65 bits per heavy atom. The van der Waals surface area contributed by atoms with Crippen LogP contribution in [-0.2, 0) is 6.54 Å². The van der Waals surface area contributed by atoms with E-state index in [1.54, 1.807) is 0 Å². The first kappa shape index (κ1) is 13.8. The van der Waals surface area contributed by atoms with Crippen molar-refractivity contribution in [1.82, 2.24) is 4.90 Å². The summed E-state index contributed by atoms with van der Waals surface area (Å²) >= 11 is 3.62. The van der Waals surface area contributed by atoms with Gasteiger partial charge in [-0.05, 0) is 54.8 Å². The lowest BCUT2D eigenvalue weighted by Crippen LogP contribution is -2.29. The van der Waals surface area contributed by atoms with E-state index >= 15 is 0 Å². The van der Waals surface area contributed by atoms with Gasteiger partial charge in [0.05, 0.1) is 0 Å². The molecule has 0 saturated carbocycles. The minimum atomic E-state index is 1.06. The van der Waals surface area contributed by atoms with E-state index < -0.39 is 0 Å². The van der Waals surface area contributed by atoms with Crippen LogP contribution in [0.15, 0.2) is 53.0 Å². The highest BCUT2D eigenvalue weighted by Gasteiger charge is 2.13. The summed E-state index contributed by atoms with van der Waals surface area (Å²) in [6, 6.07) is 17.3. The van der Waals surface area contributed by atoms with Gasteiger partial charge in [0.2, 0.25) is 0 Å². The lowest BCUT2D eigenvalue weighted by molar-refractivity contribution is 0.221. The second kappa shape index (κ2) is 6.55. The minimum Gasteiger partial charge on any atom is -0.299 e. The standard InChI is InChI=1S/C18H20BrN/c19-17-9-10-18(15-7-3-1-4-8-15)16(13-17)14-20-11-5-2-6-12-20/h1,3-4,7-10,13H,2,5-6,11-12,14H2. The molecule has 2 aromatic rings. The average Bonchev–Trinajstić information content (AvgIpc) is 2.49. The Morgan fingerprint density at radius 1 is 0.900 bits per heavy atom. The fourth-order valence-corrected chi connectivity index (χ4v) is 3.36. The van der Waals surface area contributed by atoms with Gasteiger partial charge in [0.1, 0.15) is 0 Å². The van der Waals surface area contributed by atoms with E-state index in [1.807, 2.05) is 0 Å². The van der Waals surface area contributed by atoms with Gasteiger partial charge in [-0.2, -0.15) is 0 Å². The Bertz CT molecular complexity index is 559. The van der Waals surface area contributed by atoms with Crippen molar-refractivity contribution < 1.29 is 0 Å². The maximum atomic E-state index is 3.62. The zero-order valence-corrected chi connectivity index (χ0v) is 13.3. The molecule has 2 heteroatoms. The molecule has 0 aliphatic carbocycles. The first-order valence-corrected chi connectivity index (χ1v) is 8.18. The van der Waals surface area contributed by atoms with Crippen molar-refractivity contribution in [3.8, 4) is 11.1 Å². The van der Waals surface area contributed by atoms with Crippen LogP contribution in [0.1, 0.15) is 24.8 Å². The van der Waals surface area contributed by atoms with E-state index in [4.69, 9.17) is 0 Å². The Hall–Kier alpha value is -1.12. The average molecular weight is 330 g/mol. The van der Waals surface area contributed by atoms with Crippen LogP contribution in [0, 0.1) is 0 Å². The number of benzene rings is 2. The summed E-state index contributed by atoms with van der Waals surface area (Å²) in [4.78, 5) is 2.58. The summed E-state index contributed by atoms with van der Waals surface area (Å²) in [6.45, 7) is 3.53. The molecule has 0 aromatic heterocycles. The second-order valence-corrected chi connectivity index (χ2v) is 6.42. The van der Waals surface area contributed by atoms with Crippen molar-refractivity contribution in [3.05, 3.63) is 58.6 Å². The van der Waals surface area contributed by atoms with E-state index in [1.165, 1.54) is 53.5 Å². The lowest BCUT2D eigenvalue weighted by atomic mass is 9.99. The number of rotatable bonds is 3. The molecule has 1 aliphatic rings. The quantitative estimate of drug-likeness (QED) is 0.757. The predicted molar refractivity (Wildman–Crippen MR) is 88.7 cm³/mol. The monoisotopic (exact) mass is 329 g/mol. The first-order chi connectivity index (χ1) is 9.83. The van der Waals surface area contributed by atoms with E-state index in [-0.39, 0.29) is 0 Å². The van der Waals surface area contributed by atoms with Gasteiger partial charge in [-0.1, -0.05) is 58.7 Å². The molecule has 0 N–H and O–H groups in total. The Kier molecular flexibility index (Phi) is 4.54. The lowest BCUT2D eigenvalue weighted by Gasteiger charge is -2.27. The van der Waals surface area contributed by atoms with Crippen molar-refractivity contribution in [3.63, 3.8) is 0 Å². The molecule has 1 nitrogen and oxygen atoms in total. The van der Waals surface area contributed by atoms with Gasteiger partial charge < -0.3 is 0 Å². The first-order valence-electron chi connectivity index (χ1n) is 7.39. The normalized spacial score (nSPS) is 16.2. The third kappa shape index (κ3) is 3.31. The van der Waals surface area contributed by atoms with Crippen LogP contribution in [0.5, 0.6) is 0 Å². The molecule has 1 heterocycles. The second-order valence-electron chi connectivity index (χ2n) is 5.50. The summed E-state index contributed by atoms with van der Waals surface area (Å²) in [5, 5.41) is 0. The van der Waals surface area contributed by atoms with Gasteiger partial charge in [-0.15, -0.1) is 0 Å². The molecule has 1 saturated heterocycles. The highest BCUT2D eigenvalue weighted by Crippen LogP contribution is 2.28. The number of nitrogens with zero attached hydrogens (tertiary/aromatic N) is 1. The molecule has 1 fully saturated rings. The topological polar surface area (TPSA) is 3.24 Å². The van der Waals surface area contributed by atoms with Crippen LogP contribution in [0.25, 0.3) is 11.1 Å². The predicted octanol–water partition coefficient (Wildman–Crippen LogP) is 5.10. The molecule has 0 amide bonds. The van der Waals surface area contributed by atoms with Crippen LogP contribution >= 0.6 is 15.9 Å². The van der Waals surface area contributed by atoms with Crippen molar-refractivity contribution in [2.45, 2.75) is 25.8 Å². The molecule has 20 heavy (non-hydrogen) atoms. The van der Waals surface area contributed by atoms with Gasteiger partial charge >= 0.3 is 0 Å². The zero-order valence-electron chi connectivity index (χ0n) is 11.7. The molecule has 0 spiro atoms. The van der Waals surface area contributed by atoms with Crippen molar-refractivity contribution in [1.29, 1.82) is 0 Å². The van der Waals surface area contributed by atoms with Gasteiger partial charge in [-0.3, -0.25) is 4.90 Å². The SMILES string of the molecule is Brc1ccc(-c2ccccc2)c(CN2CCCCC2)c1. The maximum absolute atomic E-state index is 3.62. The molecule has 2 aromatic carbocycles. The number of halogens is 1. The fraction of sp³-hybridized carbons (Fsp3) is 0.333. The van der Waals surface area contributed by atoms with Crippen LogP contribution in [0.2, 0.25) is 0 Å². The summed E-state index contributed by atoms with van der Waals surface area (Å²) < 4.78 is 1.17. The molecule has 0 atom stereocenters. The van der Waals surface area contributed by atoms with Crippen LogP contribution < -0.4 is 0 Å². The van der Waals surface area contributed by atoms with Crippen LogP contribution in [-0.4, -0.2) is 18.0 Å². The van der Waals surface area contributed by atoms with Gasteiger partial charge in [0.15, 0.2) is 0 Å². The third-order valence-electron chi connectivity index (χ3n) is 3.99. The number of likely N-dealkylation sites (tertiary alicyclic amines) is 1. The molecule has 0 radical (unpaired) electrons. The molecular weight excluding hydrogens is 310 g/mol. The Labute approximate surface area is 129 Å². The van der Waals surface area contributed by atoms with E-state index in [0.717, 1.165) is 6.54 Å². The molecule has 3 rings (SSSR count). The van der Waals surface area contributed by atoms with Gasteiger partial charge in [0, 0.05) is 11.0 Å². The van der Waals surface area contributed by atoms with E-state index in [0.29, 0.717) is 0 Å². The number of piperidine rings is 1. The van der Waals surface area contributed by atoms with E-state index in [2.05, 4.69) is 69.4 Å². The van der Waals surface area contributed by atoms with Crippen LogP contribution in [0.4, 0.5) is 0 Å². The summed E-state index contributed by atoms with van der Waals surface area (Å²) in [6.07, 6.45) is 4.07. The number of hydrogen-bond acceptors (Lipinski definition) is 1. The van der Waals surface area contributed by atoms with Crippen molar-refractivity contribution >= 4 is 15.9 Å². The van der Waals surface area contributed by atoms with Gasteiger partial charge in [-0.25, -0.2) is 0 Å². The molecule has 104 valence electrons. The molecule has 0 bridgehead atoms. The fourth-order valence-electron chi connectivity index (χ4n) is 2.95. The third-order valence-corrected chi connectivity index (χ3v) is 4.49. The van der Waals surface area contributed by atoms with Gasteiger partial charge in [0.25, 0.3) is 0 Å². The largest absolute Gasteiger partial charge is 0.299 e. The smallest absolute Gasteiger partial charge is 0.0240 e. The van der Waals surface area contributed by atoms with Crippen LogP contribution in [0.3, 0.4) is 0 Å². The summed E-state index contributed by atoms with van der Waals surface area (Å²) in [7, 11) is 0.